The fourth-order valence-electron chi connectivity index (χ4n) is 1.90. The number of nitrogens with two attached hydrogens (primary N) is 1. The van der Waals surface area contributed by atoms with Crippen LogP contribution in [-0.2, 0) is 6.42 Å². The lowest BCUT2D eigenvalue weighted by Gasteiger charge is -2.14. The third-order valence-corrected chi connectivity index (χ3v) is 3.67. The van der Waals surface area contributed by atoms with Gasteiger partial charge in [-0.15, -0.1) is 0 Å². The first-order chi connectivity index (χ1) is 10.1. The van der Waals surface area contributed by atoms with Crippen molar-refractivity contribution in [2.45, 2.75) is 26.7 Å². The van der Waals surface area contributed by atoms with E-state index in [2.05, 4.69) is 36.6 Å². The fourth-order valence-corrected chi connectivity index (χ4v) is 2.34. The lowest BCUT2D eigenvalue weighted by atomic mass is 10.2. The average molecular weight is 354 g/mol. The summed E-state index contributed by atoms with van der Waals surface area (Å²) in [7, 11) is 0. The minimum absolute atomic E-state index is 0.338. The monoisotopic (exact) mass is 353 g/mol. The highest BCUT2D eigenvalue weighted by Crippen LogP contribution is 2.30. The quantitative estimate of drug-likeness (QED) is 0.564. The smallest absolute Gasteiger partial charge is 0.148 e. The van der Waals surface area contributed by atoms with Gasteiger partial charge in [-0.2, -0.15) is 0 Å². The van der Waals surface area contributed by atoms with Crippen LogP contribution in [0.3, 0.4) is 0 Å². The summed E-state index contributed by atoms with van der Waals surface area (Å²) in [4.78, 5) is 8.78. The molecule has 7 heteroatoms. The first-order valence-corrected chi connectivity index (χ1v) is 7.41. The van der Waals surface area contributed by atoms with Crippen LogP contribution in [-0.4, -0.2) is 9.97 Å². The van der Waals surface area contributed by atoms with Crippen LogP contribution in [0.1, 0.15) is 24.7 Å². The van der Waals surface area contributed by atoms with Crippen molar-refractivity contribution in [3.05, 3.63) is 39.9 Å². The standard InChI is InChI=1S/C14H17BrFN5/c1-3-5-11-18-13(8(2)14(19-11)21-17)20-12-9(15)6-4-7-10(12)16/h4,6-7H,3,5,17H2,1-2H3,(H2,18,19,20,21). The zero-order valence-electron chi connectivity index (χ0n) is 11.9. The Balaban J connectivity index is 2.45. The lowest BCUT2D eigenvalue weighted by molar-refractivity contribution is 0.631. The largest absolute Gasteiger partial charge is 0.337 e. The molecule has 0 radical (unpaired) electrons. The molecule has 0 unspecified atom stereocenters. The van der Waals surface area contributed by atoms with Crippen LogP contribution in [0.5, 0.6) is 0 Å². The van der Waals surface area contributed by atoms with E-state index in [-0.39, 0.29) is 5.82 Å². The van der Waals surface area contributed by atoms with Crippen LogP contribution in [0.15, 0.2) is 22.7 Å². The van der Waals surface area contributed by atoms with E-state index in [1.807, 2.05) is 13.8 Å². The molecular formula is C14H17BrFN5. The van der Waals surface area contributed by atoms with E-state index >= 15 is 0 Å². The van der Waals surface area contributed by atoms with E-state index in [0.717, 1.165) is 18.4 Å². The zero-order valence-corrected chi connectivity index (χ0v) is 13.5. The Hall–Kier alpha value is -1.73. The molecule has 1 aromatic carbocycles. The fraction of sp³-hybridized carbons (Fsp3) is 0.286. The van der Waals surface area contributed by atoms with Crippen molar-refractivity contribution in [3.63, 3.8) is 0 Å². The number of nitrogen functional groups attached to an aromatic ring is 1. The van der Waals surface area contributed by atoms with Crippen LogP contribution >= 0.6 is 15.9 Å². The highest BCUT2D eigenvalue weighted by atomic mass is 79.9. The Bertz CT molecular complexity index is 627. The van der Waals surface area contributed by atoms with E-state index in [1.165, 1.54) is 6.07 Å². The van der Waals surface area contributed by atoms with Crippen molar-refractivity contribution < 1.29 is 4.39 Å². The molecular weight excluding hydrogens is 337 g/mol. The van der Waals surface area contributed by atoms with Gasteiger partial charge in [0, 0.05) is 16.5 Å². The summed E-state index contributed by atoms with van der Waals surface area (Å²) in [6, 6.07) is 4.78. The van der Waals surface area contributed by atoms with Gasteiger partial charge >= 0.3 is 0 Å². The van der Waals surface area contributed by atoms with E-state index < -0.39 is 0 Å². The number of hydrogen-bond acceptors (Lipinski definition) is 5. The van der Waals surface area contributed by atoms with Crippen molar-refractivity contribution in [1.29, 1.82) is 0 Å². The van der Waals surface area contributed by atoms with Crippen LogP contribution in [0.2, 0.25) is 0 Å². The summed E-state index contributed by atoms with van der Waals surface area (Å²) >= 11 is 3.33. The molecule has 0 aliphatic rings. The summed E-state index contributed by atoms with van der Waals surface area (Å²) in [5.74, 6) is 6.85. The number of rotatable bonds is 5. The second-order valence-electron chi connectivity index (χ2n) is 4.58. The third-order valence-electron chi connectivity index (χ3n) is 3.01. The molecule has 0 spiro atoms. The number of hydrogen-bond donors (Lipinski definition) is 3. The molecule has 0 aliphatic carbocycles. The van der Waals surface area contributed by atoms with Gasteiger partial charge in [-0.05, 0) is 41.4 Å². The molecule has 0 aliphatic heterocycles. The first-order valence-electron chi connectivity index (χ1n) is 6.62. The summed E-state index contributed by atoms with van der Waals surface area (Å²) in [6.45, 7) is 3.86. The molecule has 1 heterocycles. The van der Waals surface area contributed by atoms with Crippen molar-refractivity contribution >= 4 is 33.3 Å². The molecule has 21 heavy (non-hydrogen) atoms. The number of nitrogens with zero attached hydrogens (tertiary/aromatic N) is 2. The maximum atomic E-state index is 13.9. The zero-order chi connectivity index (χ0) is 15.4. The second-order valence-corrected chi connectivity index (χ2v) is 5.43. The Morgan fingerprint density at radius 1 is 1.29 bits per heavy atom. The summed E-state index contributed by atoms with van der Waals surface area (Å²) in [5, 5.41) is 3.01. The van der Waals surface area contributed by atoms with Crippen molar-refractivity contribution in [3.8, 4) is 0 Å². The molecule has 0 fully saturated rings. The number of halogens is 2. The van der Waals surface area contributed by atoms with Gasteiger partial charge in [0.2, 0.25) is 0 Å². The third kappa shape index (κ3) is 3.48. The SMILES string of the molecule is CCCc1nc(NN)c(C)c(Nc2c(F)cccc2Br)n1. The average Bonchev–Trinajstić information content (AvgIpc) is 2.46. The van der Waals surface area contributed by atoms with Crippen molar-refractivity contribution in [1.82, 2.24) is 9.97 Å². The van der Waals surface area contributed by atoms with Crippen molar-refractivity contribution in [2.24, 2.45) is 5.84 Å². The Morgan fingerprint density at radius 3 is 2.62 bits per heavy atom. The number of para-hydroxylation sites is 1. The predicted octanol–water partition coefficient (Wildman–Crippen LogP) is 3.67. The molecule has 0 saturated heterocycles. The second kappa shape index (κ2) is 6.82. The first kappa shape index (κ1) is 15.7. The van der Waals surface area contributed by atoms with E-state index in [1.54, 1.807) is 12.1 Å². The number of benzene rings is 1. The molecule has 112 valence electrons. The van der Waals surface area contributed by atoms with Crippen LogP contribution < -0.4 is 16.6 Å². The van der Waals surface area contributed by atoms with Gasteiger partial charge < -0.3 is 10.7 Å². The number of aromatic nitrogens is 2. The number of hydrazine groups is 1. The molecule has 2 rings (SSSR count). The Kier molecular flexibility index (Phi) is 5.08. The van der Waals surface area contributed by atoms with Gasteiger partial charge in [0.1, 0.15) is 23.3 Å². The summed E-state index contributed by atoms with van der Waals surface area (Å²) in [5.41, 5.74) is 3.62. The van der Waals surface area contributed by atoms with E-state index in [9.17, 15) is 4.39 Å². The van der Waals surface area contributed by atoms with Crippen LogP contribution in [0.4, 0.5) is 21.7 Å². The van der Waals surface area contributed by atoms with E-state index in [0.29, 0.717) is 27.6 Å². The number of aryl methyl sites for hydroxylation is 1. The van der Waals surface area contributed by atoms with Crippen LogP contribution in [0.25, 0.3) is 0 Å². The molecule has 0 amide bonds. The summed E-state index contributed by atoms with van der Waals surface area (Å²) in [6.07, 6.45) is 1.64. The predicted molar refractivity (Wildman–Crippen MR) is 86.0 cm³/mol. The summed E-state index contributed by atoms with van der Waals surface area (Å²) < 4.78 is 14.5. The topological polar surface area (TPSA) is 75.9 Å². The molecule has 2 aromatic rings. The maximum Gasteiger partial charge on any atom is 0.148 e. The van der Waals surface area contributed by atoms with Crippen molar-refractivity contribution in [2.75, 3.05) is 10.7 Å². The maximum absolute atomic E-state index is 13.9. The van der Waals surface area contributed by atoms with Gasteiger partial charge in [0.05, 0.1) is 5.69 Å². The molecule has 0 saturated carbocycles. The molecule has 0 atom stereocenters. The molecule has 0 bridgehead atoms. The number of nitrogens with one attached hydrogen (secondary N) is 2. The normalized spacial score (nSPS) is 10.5. The number of anilines is 3. The highest BCUT2D eigenvalue weighted by Gasteiger charge is 2.13. The van der Waals surface area contributed by atoms with Gasteiger partial charge in [0.15, 0.2) is 0 Å². The lowest BCUT2D eigenvalue weighted by Crippen LogP contribution is -2.14. The molecule has 5 nitrogen and oxygen atoms in total. The molecule has 1 aromatic heterocycles. The van der Waals surface area contributed by atoms with Gasteiger partial charge in [-0.1, -0.05) is 13.0 Å². The van der Waals surface area contributed by atoms with Gasteiger partial charge in [-0.25, -0.2) is 20.2 Å². The van der Waals surface area contributed by atoms with E-state index in [4.69, 9.17) is 5.84 Å². The minimum atomic E-state index is -0.360. The van der Waals surface area contributed by atoms with Gasteiger partial charge in [0.25, 0.3) is 0 Å². The molecule has 4 N–H and O–H groups in total. The minimum Gasteiger partial charge on any atom is -0.337 e. The van der Waals surface area contributed by atoms with Crippen LogP contribution in [0, 0.1) is 12.7 Å². The van der Waals surface area contributed by atoms with Gasteiger partial charge in [-0.3, -0.25) is 0 Å². The Labute approximate surface area is 131 Å². The highest BCUT2D eigenvalue weighted by molar-refractivity contribution is 9.10. The Morgan fingerprint density at radius 2 is 2.00 bits per heavy atom.